The van der Waals surface area contributed by atoms with Crippen molar-refractivity contribution in [2.24, 2.45) is 0 Å². The zero-order valence-electron chi connectivity index (χ0n) is 8.86. The summed E-state index contributed by atoms with van der Waals surface area (Å²) in [6.45, 7) is 0. The van der Waals surface area contributed by atoms with Crippen LogP contribution in [-0.2, 0) is 0 Å². The van der Waals surface area contributed by atoms with E-state index in [1.165, 1.54) is 0 Å². The Labute approximate surface area is 119 Å². The lowest BCUT2D eigenvalue weighted by atomic mass is 10.2. The molecule has 1 aliphatic carbocycles. The summed E-state index contributed by atoms with van der Waals surface area (Å²) in [5.41, 5.74) is 0.614. The highest BCUT2D eigenvalue weighted by molar-refractivity contribution is 14.1. The van der Waals surface area contributed by atoms with Crippen LogP contribution in [0.15, 0.2) is 47.2 Å². The number of benzene rings is 1. The van der Waals surface area contributed by atoms with E-state index in [1.54, 1.807) is 24.3 Å². The lowest BCUT2D eigenvalue weighted by Gasteiger charge is -2.15. The van der Waals surface area contributed by atoms with Gasteiger partial charge in [0.2, 0.25) is 0 Å². The molecule has 0 amide bonds. The van der Waals surface area contributed by atoms with Crippen LogP contribution < -0.4 is 4.74 Å². The molecular formula is C13H9ClINO. The first-order valence-corrected chi connectivity index (χ1v) is 6.71. The molecule has 1 aromatic carbocycles. The minimum Gasteiger partial charge on any atom is -0.456 e. The molecule has 0 radical (unpaired) electrons. The standard InChI is InChI=1S/C13H9ClINO/c14-12-6-3-10(15)7-13(12)17-11-4-1-9(8-16)2-5-11/h1-2,4-7,10H,3H2. The number of halogens is 2. The number of hydrogen-bond donors (Lipinski definition) is 0. The van der Waals surface area contributed by atoms with Gasteiger partial charge in [-0.3, -0.25) is 0 Å². The first kappa shape index (κ1) is 12.5. The maximum atomic E-state index is 8.69. The normalized spacial score (nSPS) is 19.0. The molecule has 1 unspecified atom stereocenters. The van der Waals surface area contributed by atoms with E-state index in [9.17, 15) is 0 Å². The zero-order valence-corrected chi connectivity index (χ0v) is 11.8. The van der Waals surface area contributed by atoms with Gasteiger partial charge in [-0.1, -0.05) is 40.3 Å². The van der Waals surface area contributed by atoms with E-state index in [0.717, 1.165) is 6.42 Å². The molecule has 2 rings (SSSR count). The fourth-order valence-electron chi connectivity index (χ4n) is 1.44. The van der Waals surface area contributed by atoms with Crippen LogP contribution in [0, 0.1) is 11.3 Å². The van der Waals surface area contributed by atoms with Crippen LogP contribution in [0.2, 0.25) is 0 Å². The van der Waals surface area contributed by atoms with Gasteiger partial charge in [-0.2, -0.15) is 5.26 Å². The molecule has 86 valence electrons. The van der Waals surface area contributed by atoms with E-state index in [2.05, 4.69) is 28.7 Å². The van der Waals surface area contributed by atoms with Crippen molar-refractivity contribution >= 4 is 34.2 Å². The van der Waals surface area contributed by atoms with Crippen molar-refractivity contribution < 1.29 is 4.74 Å². The molecule has 1 atom stereocenters. The fraction of sp³-hybridized carbons (Fsp3) is 0.154. The van der Waals surface area contributed by atoms with Gasteiger partial charge in [0.25, 0.3) is 0 Å². The summed E-state index contributed by atoms with van der Waals surface area (Å²) in [4.78, 5) is 0. The van der Waals surface area contributed by atoms with Crippen LogP contribution in [0.4, 0.5) is 0 Å². The minimum atomic E-state index is 0.406. The number of nitriles is 1. The van der Waals surface area contributed by atoms with Gasteiger partial charge in [-0.25, -0.2) is 0 Å². The van der Waals surface area contributed by atoms with E-state index in [4.69, 9.17) is 21.6 Å². The molecule has 0 aromatic heterocycles. The Morgan fingerprint density at radius 1 is 1.35 bits per heavy atom. The summed E-state index contributed by atoms with van der Waals surface area (Å²) in [5.74, 6) is 1.37. The van der Waals surface area contributed by atoms with Crippen molar-refractivity contribution in [2.45, 2.75) is 10.3 Å². The van der Waals surface area contributed by atoms with Gasteiger partial charge in [0.1, 0.15) is 11.5 Å². The SMILES string of the molecule is N#Cc1ccc(OC2=CC(I)CC=C2Cl)cc1. The molecule has 0 bridgehead atoms. The maximum Gasteiger partial charge on any atom is 0.142 e. The molecule has 0 N–H and O–H groups in total. The summed E-state index contributed by atoms with van der Waals surface area (Å²) in [5, 5.41) is 9.33. The number of alkyl halides is 1. The molecule has 2 nitrogen and oxygen atoms in total. The van der Waals surface area contributed by atoms with Crippen molar-refractivity contribution in [1.29, 1.82) is 5.26 Å². The summed E-state index contributed by atoms with van der Waals surface area (Å²) in [6.07, 6.45) is 4.89. The van der Waals surface area contributed by atoms with Gasteiger partial charge in [0, 0.05) is 3.92 Å². The highest BCUT2D eigenvalue weighted by Crippen LogP contribution is 2.28. The van der Waals surface area contributed by atoms with Gasteiger partial charge in [0.05, 0.1) is 16.7 Å². The van der Waals surface area contributed by atoms with Crippen LogP contribution >= 0.6 is 34.2 Å². The van der Waals surface area contributed by atoms with Crippen LogP contribution in [0.5, 0.6) is 5.75 Å². The summed E-state index contributed by atoms with van der Waals surface area (Å²) in [7, 11) is 0. The Bertz CT molecular complexity index is 513. The van der Waals surface area contributed by atoms with Crippen LogP contribution in [0.25, 0.3) is 0 Å². The van der Waals surface area contributed by atoms with Gasteiger partial charge in [0.15, 0.2) is 0 Å². The van der Waals surface area contributed by atoms with Crippen molar-refractivity contribution in [1.82, 2.24) is 0 Å². The maximum absolute atomic E-state index is 8.69. The Morgan fingerprint density at radius 2 is 2.06 bits per heavy atom. The number of rotatable bonds is 2. The Morgan fingerprint density at radius 3 is 2.71 bits per heavy atom. The van der Waals surface area contributed by atoms with Gasteiger partial charge in [-0.15, -0.1) is 0 Å². The predicted octanol–water partition coefficient (Wildman–Crippen LogP) is 4.15. The van der Waals surface area contributed by atoms with Crippen LogP contribution in [0.3, 0.4) is 0 Å². The summed E-state index contributed by atoms with van der Waals surface area (Å²) >= 11 is 8.40. The molecule has 1 aliphatic rings. The smallest absolute Gasteiger partial charge is 0.142 e. The van der Waals surface area contributed by atoms with Crippen molar-refractivity contribution in [2.75, 3.05) is 0 Å². The monoisotopic (exact) mass is 357 g/mol. The average molecular weight is 358 g/mol. The summed E-state index contributed by atoms with van der Waals surface area (Å²) < 4.78 is 6.09. The second-order valence-corrected chi connectivity index (χ2v) is 5.58. The number of hydrogen-bond acceptors (Lipinski definition) is 2. The van der Waals surface area contributed by atoms with Crippen molar-refractivity contribution in [3.63, 3.8) is 0 Å². The molecule has 4 heteroatoms. The van der Waals surface area contributed by atoms with Crippen molar-refractivity contribution in [3.8, 4) is 11.8 Å². The second kappa shape index (κ2) is 5.56. The van der Waals surface area contributed by atoms with E-state index in [0.29, 0.717) is 26.0 Å². The largest absolute Gasteiger partial charge is 0.456 e. The molecule has 0 fully saturated rings. The molecule has 0 saturated carbocycles. The Balaban J connectivity index is 2.15. The number of ether oxygens (including phenoxy) is 1. The highest BCUT2D eigenvalue weighted by atomic mass is 127. The molecule has 0 saturated heterocycles. The minimum absolute atomic E-state index is 0.406. The third-order valence-corrected chi connectivity index (χ3v) is 3.51. The van der Waals surface area contributed by atoms with E-state index >= 15 is 0 Å². The first-order valence-electron chi connectivity index (χ1n) is 5.09. The van der Waals surface area contributed by atoms with Gasteiger partial charge < -0.3 is 4.74 Å². The molecule has 0 heterocycles. The lowest BCUT2D eigenvalue weighted by Crippen LogP contribution is -2.05. The second-order valence-electron chi connectivity index (χ2n) is 3.57. The van der Waals surface area contributed by atoms with Gasteiger partial charge in [-0.05, 0) is 36.8 Å². The topological polar surface area (TPSA) is 33.0 Å². The summed E-state index contributed by atoms with van der Waals surface area (Å²) in [6, 6.07) is 9.03. The third kappa shape index (κ3) is 3.24. The lowest BCUT2D eigenvalue weighted by molar-refractivity contribution is 0.437. The Kier molecular flexibility index (Phi) is 4.08. The van der Waals surface area contributed by atoms with Crippen LogP contribution in [-0.4, -0.2) is 3.92 Å². The third-order valence-electron chi connectivity index (χ3n) is 2.30. The molecule has 0 spiro atoms. The average Bonchev–Trinajstić information content (AvgIpc) is 2.35. The Hall–Kier alpha value is -0.990. The molecule has 17 heavy (non-hydrogen) atoms. The number of allylic oxidation sites excluding steroid dienone is 3. The fourth-order valence-corrected chi connectivity index (χ4v) is 2.21. The van der Waals surface area contributed by atoms with E-state index in [-0.39, 0.29) is 0 Å². The molecule has 1 aromatic rings. The molecular weight excluding hydrogens is 349 g/mol. The van der Waals surface area contributed by atoms with E-state index in [1.807, 2.05) is 12.2 Å². The predicted molar refractivity (Wildman–Crippen MR) is 76.2 cm³/mol. The molecule has 0 aliphatic heterocycles. The van der Waals surface area contributed by atoms with Crippen molar-refractivity contribution in [3.05, 3.63) is 52.8 Å². The first-order chi connectivity index (χ1) is 8.19. The zero-order chi connectivity index (χ0) is 12.3. The highest BCUT2D eigenvalue weighted by Gasteiger charge is 2.14. The quantitative estimate of drug-likeness (QED) is 0.588. The van der Waals surface area contributed by atoms with E-state index < -0.39 is 0 Å². The van der Waals surface area contributed by atoms with Gasteiger partial charge >= 0.3 is 0 Å². The van der Waals surface area contributed by atoms with Crippen LogP contribution in [0.1, 0.15) is 12.0 Å². The number of nitrogens with zero attached hydrogens (tertiary/aromatic N) is 1.